The van der Waals surface area contributed by atoms with Crippen LogP contribution in [-0.2, 0) is 4.79 Å². The molecule has 1 aliphatic rings. The quantitative estimate of drug-likeness (QED) is 0.859. The zero-order chi connectivity index (χ0) is 13.0. The van der Waals surface area contributed by atoms with Crippen molar-refractivity contribution >= 4 is 5.91 Å². The predicted octanol–water partition coefficient (Wildman–Crippen LogP) is 2.31. The van der Waals surface area contributed by atoms with Gasteiger partial charge in [0.05, 0.1) is 12.1 Å². The van der Waals surface area contributed by atoms with Crippen LogP contribution in [0.25, 0.3) is 0 Å². The highest BCUT2D eigenvalue weighted by molar-refractivity contribution is 5.82. The van der Waals surface area contributed by atoms with E-state index in [1.54, 1.807) is 0 Å². The molecule has 0 bridgehead atoms. The number of hydrogen-bond donors (Lipinski definition) is 2. The molecule has 98 valence electrons. The molecule has 1 saturated heterocycles. The largest absolute Gasteiger partial charge is 0.348 e. The first-order valence-electron chi connectivity index (χ1n) is 6.77. The monoisotopic (exact) mass is 246 g/mol. The SMILES string of the molecule is Cc1ccc([C@@H](C)NC(=O)[C@H]2CCCCN2)cc1. The van der Waals surface area contributed by atoms with Crippen LogP contribution in [0.5, 0.6) is 0 Å². The first-order valence-corrected chi connectivity index (χ1v) is 6.77. The van der Waals surface area contributed by atoms with Crippen LogP contribution < -0.4 is 10.6 Å². The lowest BCUT2D eigenvalue weighted by molar-refractivity contribution is -0.124. The van der Waals surface area contributed by atoms with Crippen molar-refractivity contribution in [3.8, 4) is 0 Å². The molecule has 0 saturated carbocycles. The van der Waals surface area contributed by atoms with Crippen LogP contribution >= 0.6 is 0 Å². The zero-order valence-electron chi connectivity index (χ0n) is 11.2. The van der Waals surface area contributed by atoms with Crippen LogP contribution in [0.1, 0.15) is 43.4 Å². The van der Waals surface area contributed by atoms with E-state index in [0.717, 1.165) is 24.9 Å². The molecule has 1 aromatic rings. The van der Waals surface area contributed by atoms with Crippen LogP contribution in [0.4, 0.5) is 0 Å². The second-order valence-electron chi connectivity index (χ2n) is 5.14. The van der Waals surface area contributed by atoms with Crippen LogP contribution in [0, 0.1) is 6.92 Å². The Balaban J connectivity index is 1.91. The zero-order valence-corrected chi connectivity index (χ0v) is 11.2. The summed E-state index contributed by atoms with van der Waals surface area (Å²) in [6, 6.07) is 8.38. The van der Waals surface area contributed by atoms with Gasteiger partial charge in [-0.2, -0.15) is 0 Å². The Morgan fingerprint density at radius 2 is 2.06 bits per heavy atom. The Morgan fingerprint density at radius 1 is 1.33 bits per heavy atom. The third-order valence-corrected chi connectivity index (χ3v) is 3.56. The molecule has 1 aromatic carbocycles. The molecule has 18 heavy (non-hydrogen) atoms. The third-order valence-electron chi connectivity index (χ3n) is 3.56. The fraction of sp³-hybridized carbons (Fsp3) is 0.533. The van der Waals surface area contributed by atoms with Gasteiger partial charge in [-0.05, 0) is 38.8 Å². The molecule has 2 rings (SSSR count). The van der Waals surface area contributed by atoms with Crippen molar-refractivity contribution in [3.05, 3.63) is 35.4 Å². The molecule has 0 aromatic heterocycles. The Morgan fingerprint density at radius 3 is 2.67 bits per heavy atom. The lowest BCUT2D eigenvalue weighted by atomic mass is 10.0. The highest BCUT2D eigenvalue weighted by atomic mass is 16.2. The number of amides is 1. The van der Waals surface area contributed by atoms with Crippen molar-refractivity contribution in [2.45, 2.75) is 45.2 Å². The van der Waals surface area contributed by atoms with E-state index in [1.807, 2.05) is 6.92 Å². The highest BCUT2D eigenvalue weighted by Gasteiger charge is 2.21. The van der Waals surface area contributed by atoms with E-state index in [0.29, 0.717) is 0 Å². The van der Waals surface area contributed by atoms with Gasteiger partial charge in [-0.25, -0.2) is 0 Å². The summed E-state index contributed by atoms with van der Waals surface area (Å²) in [4.78, 5) is 12.1. The Kier molecular flexibility index (Phi) is 4.37. The molecule has 2 atom stereocenters. The van der Waals surface area contributed by atoms with Crippen molar-refractivity contribution < 1.29 is 4.79 Å². The van der Waals surface area contributed by atoms with E-state index in [2.05, 4.69) is 41.8 Å². The van der Waals surface area contributed by atoms with E-state index in [4.69, 9.17) is 0 Å². The van der Waals surface area contributed by atoms with Crippen LogP contribution in [-0.4, -0.2) is 18.5 Å². The number of carbonyl (C=O) groups is 1. The fourth-order valence-electron chi connectivity index (χ4n) is 2.33. The molecule has 0 aliphatic carbocycles. The first kappa shape index (κ1) is 13.1. The van der Waals surface area contributed by atoms with Gasteiger partial charge in [0.25, 0.3) is 0 Å². The maximum Gasteiger partial charge on any atom is 0.237 e. The molecule has 2 N–H and O–H groups in total. The normalized spacial score (nSPS) is 21.3. The number of nitrogens with one attached hydrogen (secondary N) is 2. The smallest absolute Gasteiger partial charge is 0.237 e. The number of carbonyl (C=O) groups excluding carboxylic acids is 1. The minimum Gasteiger partial charge on any atom is -0.348 e. The minimum atomic E-state index is -0.00773. The molecule has 0 radical (unpaired) electrons. The van der Waals surface area contributed by atoms with Gasteiger partial charge in [-0.1, -0.05) is 36.2 Å². The van der Waals surface area contributed by atoms with E-state index >= 15 is 0 Å². The van der Waals surface area contributed by atoms with Crippen LogP contribution in [0.3, 0.4) is 0 Å². The molecule has 1 amide bonds. The van der Waals surface area contributed by atoms with Gasteiger partial charge in [-0.15, -0.1) is 0 Å². The number of rotatable bonds is 3. The number of aryl methyl sites for hydroxylation is 1. The molecule has 1 aliphatic heterocycles. The summed E-state index contributed by atoms with van der Waals surface area (Å²) in [7, 11) is 0. The average molecular weight is 246 g/mol. The lowest BCUT2D eigenvalue weighted by Crippen LogP contribution is -2.47. The van der Waals surface area contributed by atoms with Crippen molar-refractivity contribution in [1.82, 2.24) is 10.6 Å². The van der Waals surface area contributed by atoms with Crippen molar-refractivity contribution in [2.75, 3.05) is 6.54 Å². The summed E-state index contributed by atoms with van der Waals surface area (Å²) in [5.74, 6) is 0.128. The predicted molar refractivity (Wildman–Crippen MR) is 73.4 cm³/mol. The molecule has 0 spiro atoms. The number of benzene rings is 1. The first-order chi connectivity index (χ1) is 8.66. The summed E-state index contributed by atoms with van der Waals surface area (Å²) in [5, 5.41) is 6.36. The Labute approximate surface area is 109 Å². The summed E-state index contributed by atoms with van der Waals surface area (Å²) in [6.45, 7) is 5.06. The van der Waals surface area contributed by atoms with Gasteiger partial charge in [0, 0.05) is 0 Å². The standard InChI is InChI=1S/C15H22N2O/c1-11-6-8-13(9-7-11)12(2)17-15(18)14-5-3-4-10-16-14/h6-9,12,14,16H,3-5,10H2,1-2H3,(H,17,18)/t12-,14-/m1/s1. The summed E-state index contributed by atoms with van der Waals surface area (Å²) in [6.07, 6.45) is 3.27. The van der Waals surface area contributed by atoms with Gasteiger partial charge in [-0.3, -0.25) is 4.79 Å². The summed E-state index contributed by atoms with van der Waals surface area (Å²) in [5.41, 5.74) is 2.40. The maximum atomic E-state index is 12.1. The van der Waals surface area contributed by atoms with Gasteiger partial charge >= 0.3 is 0 Å². The van der Waals surface area contributed by atoms with Crippen LogP contribution in [0.15, 0.2) is 24.3 Å². The molecular formula is C15H22N2O. The Bertz CT molecular complexity index is 393. The second-order valence-corrected chi connectivity index (χ2v) is 5.14. The molecule has 3 nitrogen and oxygen atoms in total. The van der Waals surface area contributed by atoms with E-state index < -0.39 is 0 Å². The van der Waals surface area contributed by atoms with Gasteiger partial charge < -0.3 is 10.6 Å². The van der Waals surface area contributed by atoms with Crippen molar-refractivity contribution in [2.24, 2.45) is 0 Å². The Hall–Kier alpha value is -1.35. The number of hydrogen-bond acceptors (Lipinski definition) is 2. The molecule has 0 unspecified atom stereocenters. The van der Waals surface area contributed by atoms with E-state index in [9.17, 15) is 4.79 Å². The van der Waals surface area contributed by atoms with Crippen molar-refractivity contribution in [3.63, 3.8) is 0 Å². The lowest BCUT2D eigenvalue weighted by Gasteiger charge is -2.24. The van der Waals surface area contributed by atoms with Crippen LogP contribution in [0.2, 0.25) is 0 Å². The molecular weight excluding hydrogens is 224 g/mol. The van der Waals surface area contributed by atoms with E-state index in [-0.39, 0.29) is 18.0 Å². The minimum absolute atomic E-state index is 0.00773. The van der Waals surface area contributed by atoms with Gasteiger partial charge in [0.2, 0.25) is 5.91 Å². The summed E-state index contributed by atoms with van der Waals surface area (Å²) >= 11 is 0. The van der Waals surface area contributed by atoms with Gasteiger partial charge in [0.15, 0.2) is 0 Å². The topological polar surface area (TPSA) is 41.1 Å². The average Bonchev–Trinajstić information content (AvgIpc) is 2.40. The molecule has 1 fully saturated rings. The van der Waals surface area contributed by atoms with Crippen molar-refractivity contribution in [1.29, 1.82) is 0 Å². The molecule has 1 heterocycles. The van der Waals surface area contributed by atoms with Gasteiger partial charge in [0.1, 0.15) is 0 Å². The number of piperidine rings is 1. The second kappa shape index (κ2) is 6.01. The fourth-order valence-corrected chi connectivity index (χ4v) is 2.33. The highest BCUT2D eigenvalue weighted by Crippen LogP contribution is 2.14. The maximum absolute atomic E-state index is 12.1. The van der Waals surface area contributed by atoms with E-state index in [1.165, 1.54) is 12.0 Å². The summed E-state index contributed by atoms with van der Waals surface area (Å²) < 4.78 is 0. The third kappa shape index (κ3) is 3.33. The molecule has 3 heteroatoms.